The van der Waals surface area contributed by atoms with Crippen LogP contribution in [-0.2, 0) is 0 Å². The second-order valence-corrected chi connectivity index (χ2v) is 4.99. The zero-order valence-corrected chi connectivity index (χ0v) is 11.3. The first kappa shape index (κ1) is 14.9. The topological polar surface area (TPSA) is 52.7 Å². The summed E-state index contributed by atoms with van der Waals surface area (Å²) in [5.41, 5.74) is 5.84. The van der Waals surface area contributed by atoms with Crippen molar-refractivity contribution in [3.05, 3.63) is 0 Å². The van der Waals surface area contributed by atoms with Gasteiger partial charge in [-0.3, -0.25) is 4.90 Å². The smallest absolute Gasteiger partial charge is 0.0431 e. The van der Waals surface area contributed by atoms with Crippen LogP contribution in [0.2, 0.25) is 0 Å². The van der Waals surface area contributed by atoms with Gasteiger partial charge in [0.25, 0.3) is 0 Å². The highest BCUT2D eigenvalue weighted by atomic mass is 16.2. The minimum atomic E-state index is 0.325. The average Bonchev–Trinajstić information content (AvgIpc) is 2.37. The molecule has 4 nitrogen and oxygen atoms in total. The summed E-state index contributed by atoms with van der Waals surface area (Å²) in [6, 6.07) is 0.583. The Morgan fingerprint density at radius 1 is 1.18 bits per heavy atom. The van der Waals surface area contributed by atoms with E-state index in [4.69, 9.17) is 10.8 Å². The Kier molecular flexibility index (Phi) is 7.77. The molecule has 1 fully saturated rings. The van der Waals surface area contributed by atoms with Crippen molar-refractivity contribution in [2.45, 2.75) is 38.6 Å². The molecule has 0 aromatic heterocycles. The Balaban J connectivity index is 2.19. The highest BCUT2D eigenvalue weighted by Gasteiger charge is 2.21. The van der Waals surface area contributed by atoms with Crippen LogP contribution in [0, 0.1) is 0 Å². The van der Waals surface area contributed by atoms with Gasteiger partial charge in [-0.25, -0.2) is 0 Å². The van der Waals surface area contributed by atoms with E-state index in [1.54, 1.807) is 0 Å². The van der Waals surface area contributed by atoms with Crippen molar-refractivity contribution in [1.82, 2.24) is 9.80 Å². The molecule has 0 aromatic carbocycles. The van der Waals surface area contributed by atoms with Crippen molar-refractivity contribution in [2.24, 2.45) is 5.73 Å². The molecule has 1 rings (SSSR count). The van der Waals surface area contributed by atoms with Crippen molar-refractivity contribution in [3.8, 4) is 0 Å². The molecule has 0 amide bonds. The van der Waals surface area contributed by atoms with Crippen molar-refractivity contribution in [1.29, 1.82) is 0 Å². The summed E-state index contributed by atoms with van der Waals surface area (Å²) >= 11 is 0. The molecule has 0 radical (unpaired) electrons. The van der Waals surface area contributed by atoms with Gasteiger partial charge in [0.05, 0.1) is 0 Å². The second-order valence-electron chi connectivity index (χ2n) is 4.99. The maximum atomic E-state index is 8.76. The highest BCUT2D eigenvalue weighted by molar-refractivity contribution is 4.78. The van der Waals surface area contributed by atoms with Gasteiger partial charge >= 0.3 is 0 Å². The molecule has 1 atom stereocenters. The summed E-state index contributed by atoms with van der Waals surface area (Å²) in [5, 5.41) is 8.76. The number of aliphatic hydroxyl groups is 1. The normalized spacial score (nSPS) is 20.6. The van der Waals surface area contributed by atoms with Crippen LogP contribution >= 0.6 is 0 Å². The number of hydrogen-bond donors (Lipinski definition) is 2. The van der Waals surface area contributed by atoms with Gasteiger partial charge in [-0.2, -0.15) is 0 Å². The third-order valence-corrected chi connectivity index (χ3v) is 3.70. The van der Waals surface area contributed by atoms with Gasteiger partial charge in [0.2, 0.25) is 0 Å². The maximum absolute atomic E-state index is 8.76. The van der Waals surface area contributed by atoms with Crippen LogP contribution < -0.4 is 5.73 Å². The predicted molar refractivity (Wildman–Crippen MR) is 72.1 cm³/mol. The van der Waals surface area contributed by atoms with E-state index in [0.29, 0.717) is 12.6 Å². The van der Waals surface area contributed by atoms with Gasteiger partial charge in [-0.1, -0.05) is 13.3 Å². The number of nitrogens with zero attached hydrogens (tertiary/aromatic N) is 2. The van der Waals surface area contributed by atoms with Crippen molar-refractivity contribution >= 4 is 0 Å². The number of hydrogen-bond acceptors (Lipinski definition) is 4. The second kappa shape index (κ2) is 8.86. The molecule has 0 aliphatic carbocycles. The number of aliphatic hydroxyl groups excluding tert-OH is 1. The summed E-state index contributed by atoms with van der Waals surface area (Å²) in [5.74, 6) is 0. The summed E-state index contributed by atoms with van der Waals surface area (Å²) in [6.45, 7) is 9.10. The molecule has 0 bridgehead atoms. The van der Waals surface area contributed by atoms with E-state index >= 15 is 0 Å². The molecule has 102 valence electrons. The van der Waals surface area contributed by atoms with Crippen LogP contribution in [0.4, 0.5) is 0 Å². The fraction of sp³-hybridized carbons (Fsp3) is 1.00. The first-order valence-electron chi connectivity index (χ1n) is 7.09. The van der Waals surface area contributed by atoms with Gasteiger partial charge in [-0.05, 0) is 25.8 Å². The summed E-state index contributed by atoms with van der Waals surface area (Å²) in [7, 11) is 0. The lowest BCUT2D eigenvalue weighted by molar-refractivity contribution is 0.0925. The van der Waals surface area contributed by atoms with Gasteiger partial charge in [0.15, 0.2) is 0 Å². The SMILES string of the molecule is CCCC(CN)N1CCN(CCCCO)CC1. The third-order valence-electron chi connectivity index (χ3n) is 3.70. The van der Waals surface area contributed by atoms with Crippen molar-refractivity contribution in [2.75, 3.05) is 45.9 Å². The zero-order chi connectivity index (χ0) is 12.5. The Hall–Kier alpha value is -0.160. The molecule has 3 N–H and O–H groups in total. The largest absolute Gasteiger partial charge is 0.396 e. The van der Waals surface area contributed by atoms with Crippen molar-refractivity contribution in [3.63, 3.8) is 0 Å². The summed E-state index contributed by atoms with van der Waals surface area (Å²) in [4.78, 5) is 5.05. The number of unbranched alkanes of at least 4 members (excludes halogenated alkanes) is 1. The van der Waals surface area contributed by atoms with E-state index in [9.17, 15) is 0 Å². The lowest BCUT2D eigenvalue weighted by atomic mass is 10.1. The van der Waals surface area contributed by atoms with Gasteiger partial charge in [0.1, 0.15) is 0 Å². The lowest BCUT2D eigenvalue weighted by Crippen LogP contribution is -2.52. The predicted octanol–water partition coefficient (Wildman–Crippen LogP) is 0.504. The molecule has 0 saturated carbocycles. The first-order valence-corrected chi connectivity index (χ1v) is 7.09. The first-order chi connectivity index (χ1) is 8.31. The third kappa shape index (κ3) is 5.34. The Bertz CT molecular complexity index is 182. The van der Waals surface area contributed by atoms with Crippen LogP contribution in [0.3, 0.4) is 0 Å². The molecular formula is C13H29N3O. The monoisotopic (exact) mass is 243 g/mol. The summed E-state index contributed by atoms with van der Waals surface area (Å²) in [6.07, 6.45) is 4.49. The van der Waals surface area contributed by atoms with Crippen LogP contribution in [0.1, 0.15) is 32.6 Å². The Morgan fingerprint density at radius 2 is 1.88 bits per heavy atom. The van der Waals surface area contributed by atoms with E-state index < -0.39 is 0 Å². The Morgan fingerprint density at radius 3 is 2.41 bits per heavy atom. The molecule has 1 aliphatic rings. The molecule has 1 aliphatic heterocycles. The van der Waals surface area contributed by atoms with E-state index in [1.807, 2.05) is 0 Å². The molecular weight excluding hydrogens is 214 g/mol. The van der Waals surface area contributed by atoms with E-state index in [0.717, 1.165) is 52.1 Å². The zero-order valence-electron chi connectivity index (χ0n) is 11.3. The quantitative estimate of drug-likeness (QED) is 0.610. The standard InChI is InChI=1S/C13H29N3O/c1-2-5-13(12-14)16-9-7-15(8-10-16)6-3-4-11-17/h13,17H,2-12,14H2,1H3. The molecule has 1 unspecified atom stereocenters. The van der Waals surface area contributed by atoms with E-state index in [-0.39, 0.29) is 0 Å². The molecule has 1 heterocycles. The minimum Gasteiger partial charge on any atom is -0.396 e. The van der Waals surface area contributed by atoms with Gasteiger partial charge in [0, 0.05) is 45.4 Å². The molecule has 4 heteroatoms. The minimum absolute atomic E-state index is 0.325. The molecule has 0 aromatic rings. The van der Waals surface area contributed by atoms with Gasteiger partial charge in [-0.15, -0.1) is 0 Å². The number of piperazine rings is 1. The molecule has 17 heavy (non-hydrogen) atoms. The molecule has 0 spiro atoms. The fourth-order valence-electron chi connectivity index (χ4n) is 2.58. The molecule has 1 saturated heterocycles. The van der Waals surface area contributed by atoms with Crippen molar-refractivity contribution < 1.29 is 5.11 Å². The highest BCUT2D eigenvalue weighted by Crippen LogP contribution is 2.10. The maximum Gasteiger partial charge on any atom is 0.0431 e. The van der Waals surface area contributed by atoms with Crippen LogP contribution in [0.5, 0.6) is 0 Å². The number of nitrogens with two attached hydrogens (primary N) is 1. The fourth-order valence-corrected chi connectivity index (χ4v) is 2.58. The van der Waals surface area contributed by atoms with Gasteiger partial charge < -0.3 is 15.7 Å². The average molecular weight is 243 g/mol. The Labute approximate surface area is 106 Å². The van der Waals surface area contributed by atoms with E-state index in [2.05, 4.69) is 16.7 Å². The van der Waals surface area contributed by atoms with Crippen LogP contribution in [0.15, 0.2) is 0 Å². The lowest BCUT2D eigenvalue weighted by Gasteiger charge is -2.39. The van der Waals surface area contributed by atoms with Crippen LogP contribution in [0.25, 0.3) is 0 Å². The van der Waals surface area contributed by atoms with E-state index in [1.165, 1.54) is 12.8 Å². The van der Waals surface area contributed by atoms with Crippen LogP contribution in [-0.4, -0.2) is 66.8 Å². The summed E-state index contributed by atoms with van der Waals surface area (Å²) < 4.78 is 0. The number of rotatable bonds is 8.